The molecule has 3 N–H and O–H groups in total. The highest BCUT2D eigenvalue weighted by Crippen LogP contribution is 2.06. The fourth-order valence-electron chi connectivity index (χ4n) is 1.27. The van der Waals surface area contributed by atoms with Gasteiger partial charge in [-0.15, -0.1) is 0 Å². The fourth-order valence-corrected chi connectivity index (χ4v) is 1.27. The lowest BCUT2D eigenvalue weighted by Gasteiger charge is -2.07. The first kappa shape index (κ1) is 10.8. The fraction of sp³-hybridized carbons (Fsp3) is 0.750. The van der Waals surface area contributed by atoms with Crippen LogP contribution in [0.1, 0.15) is 6.92 Å². The summed E-state index contributed by atoms with van der Waals surface area (Å²) in [5.74, 6) is 0.414. The molecule has 0 unspecified atom stereocenters. The van der Waals surface area contributed by atoms with E-state index >= 15 is 0 Å². The van der Waals surface area contributed by atoms with Gasteiger partial charge in [-0.3, -0.25) is 0 Å². The molecule has 1 heterocycles. The Morgan fingerprint density at radius 1 is 1.71 bits per heavy atom. The molecule has 1 saturated heterocycles. The number of rotatable bonds is 4. The standard InChI is InChI=1S/C8H16N4O2/c1-3-14-11-7-5-10-4-6(7)8(9)12-13-2/h6,10H,3-5H2,1-2H3,(H2,9,12)/b11-7+/t6-/m0/s1. The van der Waals surface area contributed by atoms with Crippen LogP contribution >= 0.6 is 0 Å². The molecule has 0 aromatic heterocycles. The van der Waals surface area contributed by atoms with Crippen molar-refractivity contribution in [2.45, 2.75) is 6.92 Å². The van der Waals surface area contributed by atoms with Crippen molar-refractivity contribution < 1.29 is 9.68 Å². The quantitative estimate of drug-likeness (QED) is 0.365. The number of oxime groups is 2. The smallest absolute Gasteiger partial charge is 0.149 e. The summed E-state index contributed by atoms with van der Waals surface area (Å²) in [4.78, 5) is 9.58. The van der Waals surface area contributed by atoms with E-state index in [1.54, 1.807) is 0 Å². The second kappa shape index (κ2) is 5.43. The van der Waals surface area contributed by atoms with Gasteiger partial charge in [0.15, 0.2) is 0 Å². The molecule has 0 aliphatic carbocycles. The molecule has 0 radical (unpaired) electrons. The molecule has 1 atom stereocenters. The van der Waals surface area contributed by atoms with Gasteiger partial charge in [0.05, 0.1) is 11.6 Å². The van der Waals surface area contributed by atoms with Gasteiger partial charge in [0.1, 0.15) is 19.6 Å². The number of nitrogens with two attached hydrogens (primary N) is 1. The molecule has 0 saturated carbocycles. The van der Waals surface area contributed by atoms with Gasteiger partial charge in [-0.2, -0.15) is 0 Å². The Hall–Kier alpha value is -1.30. The summed E-state index contributed by atoms with van der Waals surface area (Å²) in [6, 6.07) is 0. The van der Waals surface area contributed by atoms with Gasteiger partial charge in [-0.05, 0) is 6.92 Å². The number of hydrogen-bond acceptors (Lipinski definition) is 5. The molecular formula is C8H16N4O2. The Kier molecular flexibility index (Phi) is 4.18. The van der Waals surface area contributed by atoms with E-state index in [-0.39, 0.29) is 5.92 Å². The lowest BCUT2D eigenvalue weighted by Crippen LogP contribution is -2.30. The highest BCUT2D eigenvalue weighted by atomic mass is 16.6. The summed E-state index contributed by atoms with van der Waals surface area (Å²) in [5.41, 5.74) is 6.57. The van der Waals surface area contributed by atoms with E-state index in [0.29, 0.717) is 19.0 Å². The number of nitrogens with zero attached hydrogens (tertiary/aromatic N) is 2. The normalized spacial score (nSPS) is 25.4. The first-order valence-electron chi connectivity index (χ1n) is 4.55. The molecule has 0 amide bonds. The van der Waals surface area contributed by atoms with Crippen molar-refractivity contribution in [3.05, 3.63) is 0 Å². The zero-order chi connectivity index (χ0) is 10.4. The maximum absolute atomic E-state index is 5.70. The number of nitrogens with one attached hydrogen (secondary N) is 1. The number of amidine groups is 1. The van der Waals surface area contributed by atoms with Crippen molar-refractivity contribution in [2.75, 3.05) is 26.8 Å². The average molecular weight is 200 g/mol. The molecule has 80 valence electrons. The lowest BCUT2D eigenvalue weighted by atomic mass is 10.1. The van der Waals surface area contributed by atoms with Crippen LogP contribution in [0, 0.1) is 5.92 Å². The molecular weight excluding hydrogens is 184 g/mol. The van der Waals surface area contributed by atoms with Gasteiger partial charge >= 0.3 is 0 Å². The van der Waals surface area contributed by atoms with Gasteiger partial charge in [-0.25, -0.2) is 0 Å². The Labute approximate surface area is 83.1 Å². The van der Waals surface area contributed by atoms with Crippen LogP contribution in [0.4, 0.5) is 0 Å². The summed E-state index contributed by atoms with van der Waals surface area (Å²) in [7, 11) is 1.47. The summed E-state index contributed by atoms with van der Waals surface area (Å²) in [6.07, 6.45) is 0. The minimum Gasteiger partial charge on any atom is -0.398 e. The van der Waals surface area contributed by atoms with Crippen LogP contribution in [0.5, 0.6) is 0 Å². The highest BCUT2D eigenvalue weighted by molar-refractivity contribution is 6.08. The molecule has 1 rings (SSSR count). The SMILES string of the molecule is CCO/N=C1\CNC[C@@H]1/C(N)=N/OC. The third kappa shape index (κ3) is 2.59. The van der Waals surface area contributed by atoms with Crippen molar-refractivity contribution in [1.29, 1.82) is 0 Å². The van der Waals surface area contributed by atoms with Gasteiger partial charge in [0.2, 0.25) is 0 Å². The summed E-state index contributed by atoms with van der Waals surface area (Å²) in [5, 5.41) is 10.8. The molecule has 0 spiro atoms. The molecule has 1 fully saturated rings. The van der Waals surface area contributed by atoms with Crippen molar-refractivity contribution in [3.63, 3.8) is 0 Å². The Morgan fingerprint density at radius 2 is 2.50 bits per heavy atom. The third-order valence-electron chi connectivity index (χ3n) is 1.92. The van der Waals surface area contributed by atoms with Crippen LogP contribution in [0.2, 0.25) is 0 Å². The van der Waals surface area contributed by atoms with Crippen LogP contribution < -0.4 is 11.1 Å². The lowest BCUT2D eigenvalue weighted by molar-refractivity contribution is 0.157. The first-order valence-corrected chi connectivity index (χ1v) is 4.55. The minimum absolute atomic E-state index is 0.0125. The molecule has 6 nitrogen and oxygen atoms in total. The predicted molar refractivity (Wildman–Crippen MR) is 54.1 cm³/mol. The van der Waals surface area contributed by atoms with Gasteiger partial charge in [0, 0.05) is 13.1 Å². The largest absolute Gasteiger partial charge is 0.398 e. The third-order valence-corrected chi connectivity index (χ3v) is 1.92. The van der Waals surface area contributed by atoms with E-state index in [9.17, 15) is 0 Å². The van der Waals surface area contributed by atoms with Crippen molar-refractivity contribution >= 4 is 11.5 Å². The second-order valence-electron chi connectivity index (χ2n) is 2.88. The predicted octanol–water partition coefficient (Wildman–Crippen LogP) is -0.483. The Morgan fingerprint density at radius 3 is 3.14 bits per heavy atom. The van der Waals surface area contributed by atoms with Crippen LogP contribution in [0.15, 0.2) is 10.3 Å². The molecule has 6 heteroatoms. The summed E-state index contributed by atoms with van der Waals surface area (Å²) >= 11 is 0. The maximum Gasteiger partial charge on any atom is 0.149 e. The van der Waals surface area contributed by atoms with Crippen LogP contribution in [-0.2, 0) is 9.68 Å². The molecule has 0 aromatic rings. The van der Waals surface area contributed by atoms with E-state index in [1.165, 1.54) is 7.11 Å². The van der Waals surface area contributed by atoms with Crippen LogP contribution in [-0.4, -0.2) is 38.4 Å². The highest BCUT2D eigenvalue weighted by Gasteiger charge is 2.26. The van der Waals surface area contributed by atoms with E-state index in [1.807, 2.05) is 6.92 Å². The van der Waals surface area contributed by atoms with E-state index in [4.69, 9.17) is 10.6 Å². The molecule has 0 aromatic carbocycles. The Bertz CT molecular complexity index is 239. The van der Waals surface area contributed by atoms with E-state index < -0.39 is 0 Å². The molecule has 14 heavy (non-hydrogen) atoms. The molecule has 1 aliphatic rings. The van der Waals surface area contributed by atoms with Crippen LogP contribution in [0.25, 0.3) is 0 Å². The topological polar surface area (TPSA) is 81.2 Å². The monoisotopic (exact) mass is 200 g/mol. The van der Waals surface area contributed by atoms with Gasteiger partial charge < -0.3 is 20.7 Å². The van der Waals surface area contributed by atoms with Gasteiger partial charge in [0.25, 0.3) is 0 Å². The minimum atomic E-state index is -0.0125. The summed E-state index contributed by atoms with van der Waals surface area (Å²) in [6.45, 7) is 3.85. The first-order chi connectivity index (χ1) is 6.79. The number of hydrogen-bond donors (Lipinski definition) is 2. The summed E-state index contributed by atoms with van der Waals surface area (Å²) < 4.78 is 0. The van der Waals surface area contributed by atoms with Gasteiger partial charge in [-0.1, -0.05) is 10.3 Å². The van der Waals surface area contributed by atoms with Crippen molar-refractivity contribution in [1.82, 2.24) is 5.32 Å². The Balaban J connectivity index is 2.63. The van der Waals surface area contributed by atoms with E-state index in [2.05, 4.69) is 20.5 Å². The zero-order valence-corrected chi connectivity index (χ0v) is 8.49. The molecule has 0 bridgehead atoms. The van der Waals surface area contributed by atoms with Crippen LogP contribution in [0.3, 0.4) is 0 Å². The average Bonchev–Trinajstić information content (AvgIpc) is 2.63. The van der Waals surface area contributed by atoms with E-state index in [0.717, 1.165) is 12.3 Å². The maximum atomic E-state index is 5.70. The zero-order valence-electron chi connectivity index (χ0n) is 8.49. The van der Waals surface area contributed by atoms with Crippen molar-refractivity contribution in [3.8, 4) is 0 Å². The van der Waals surface area contributed by atoms with Crippen molar-refractivity contribution in [2.24, 2.45) is 22.0 Å². The second-order valence-corrected chi connectivity index (χ2v) is 2.88. The molecule has 1 aliphatic heterocycles.